The Kier molecular flexibility index (Phi) is 13.9. The van der Waals surface area contributed by atoms with Crippen LogP contribution in [0.5, 0.6) is 0 Å². The van der Waals surface area contributed by atoms with Crippen molar-refractivity contribution >= 4 is 5.97 Å². The minimum Gasteiger partial charge on any atom is -0.432 e. The maximum absolute atomic E-state index is 10.6. The second-order valence-corrected chi connectivity index (χ2v) is 1.93. The van der Waals surface area contributed by atoms with Crippen LogP contribution in [0.4, 0.5) is 0 Å². The molecule has 0 fully saturated rings. The zero-order valence-corrected chi connectivity index (χ0v) is 5.94. The van der Waals surface area contributed by atoms with Crippen LogP contribution in [0.25, 0.3) is 0 Å². The van der Waals surface area contributed by atoms with Gasteiger partial charge in [0.15, 0.2) is 0 Å². The summed E-state index contributed by atoms with van der Waals surface area (Å²) in [5, 5.41) is 0. The van der Waals surface area contributed by atoms with Gasteiger partial charge in [0.1, 0.15) is 0 Å². The van der Waals surface area contributed by atoms with Crippen LogP contribution in [-0.2, 0) is 9.53 Å². The van der Waals surface area contributed by atoms with Gasteiger partial charge in [0.25, 0.3) is 0 Å². The molecule has 0 saturated heterocycles. The van der Waals surface area contributed by atoms with Gasteiger partial charge < -0.3 is 4.74 Å². The average Bonchev–Trinajstić information content (AvgIpc) is 1.63. The third kappa shape index (κ3) is 12.4. The Morgan fingerprint density at radius 1 is 1.45 bits per heavy atom. The van der Waals surface area contributed by atoms with Crippen molar-refractivity contribution in [2.75, 3.05) is 0 Å². The molecule has 0 aromatic rings. The van der Waals surface area contributed by atoms with Crippen LogP contribution < -0.4 is 0 Å². The van der Waals surface area contributed by atoms with E-state index in [0.29, 0.717) is 12.2 Å². The first-order valence-corrected chi connectivity index (χ1v) is 3.03. The fourth-order valence-electron chi connectivity index (χ4n) is 0.449. The summed E-state index contributed by atoms with van der Waals surface area (Å²) in [5.41, 5.74) is 0. The Morgan fingerprint density at radius 2 is 1.91 bits per heavy atom. The molecule has 11 heavy (non-hydrogen) atoms. The quantitative estimate of drug-likeness (QED) is 0.468. The van der Waals surface area contributed by atoms with E-state index < -0.39 is 0 Å². The smallest absolute Gasteiger partial charge is 0.310 e. The molecule has 0 spiro atoms. The Bertz CT molecular complexity index is 117. The Hall–Kier alpha value is -0.790. The summed E-state index contributed by atoms with van der Waals surface area (Å²) in [7, 11) is 0. The lowest BCUT2D eigenvalue weighted by Gasteiger charge is -1.99. The second kappa shape index (κ2) is 9.21. The van der Waals surface area contributed by atoms with Crippen molar-refractivity contribution in [2.24, 2.45) is 0 Å². The average molecular weight is 160 g/mol. The molecule has 0 radical (unpaired) electrons. The number of esters is 1. The summed E-state index contributed by atoms with van der Waals surface area (Å²) < 4.78 is 4.66. The molecule has 0 aromatic heterocycles. The molecule has 0 bridgehead atoms. The first-order valence-electron chi connectivity index (χ1n) is 3.03. The lowest BCUT2D eigenvalue weighted by atomic mass is 10.3. The molecule has 0 saturated carbocycles. The lowest BCUT2D eigenvalue weighted by Crippen LogP contribution is -2.00. The molecule has 0 atom stereocenters. The summed E-state index contributed by atoms with van der Waals surface area (Å²) in [4.78, 5) is 10.6. The van der Waals surface area contributed by atoms with E-state index in [0.717, 1.165) is 6.42 Å². The van der Waals surface area contributed by atoms with Gasteiger partial charge in [0.2, 0.25) is 0 Å². The monoisotopic (exact) mass is 160 g/mol. The number of carbonyl (C=O) groups is 1. The van der Waals surface area contributed by atoms with Gasteiger partial charge in [-0.25, -0.2) is 0 Å². The predicted molar refractivity (Wildman–Crippen MR) is 49.3 cm³/mol. The molecular formula is C9H20O2. The highest BCUT2D eigenvalue weighted by Crippen LogP contribution is 1.96. The van der Waals surface area contributed by atoms with E-state index in [-0.39, 0.29) is 20.8 Å². The van der Waals surface area contributed by atoms with Crippen LogP contribution in [0.15, 0.2) is 12.3 Å². The van der Waals surface area contributed by atoms with Crippen LogP contribution in [0.1, 0.15) is 41.5 Å². The van der Waals surface area contributed by atoms with Crippen LogP contribution in [-0.4, -0.2) is 5.97 Å². The van der Waals surface area contributed by atoms with E-state index in [1.807, 2.05) is 6.92 Å². The van der Waals surface area contributed by atoms with Crippen LogP contribution in [0.3, 0.4) is 0 Å². The van der Waals surface area contributed by atoms with Crippen molar-refractivity contribution < 1.29 is 9.53 Å². The van der Waals surface area contributed by atoms with Crippen LogP contribution >= 0.6 is 0 Å². The number of ether oxygens (including phenoxy) is 1. The Labute approximate surface area is 70.3 Å². The number of allylic oxidation sites excluding steroid dienone is 1. The van der Waals surface area contributed by atoms with Gasteiger partial charge in [-0.1, -0.05) is 28.4 Å². The minimum absolute atomic E-state index is 0. The summed E-state index contributed by atoms with van der Waals surface area (Å²) >= 11 is 0. The fraction of sp³-hybridized carbons (Fsp3) is 0.667. The minimum atomic E-state index is -0.190. The molecule has 0 unspecified atom stereocenters. The normalized spacial score (nSPS) is 7.09. The Morgan fingerprint density at radius 3 is 2.18 bits per heavy atom. The van der Waals surface area contributed by atoms with Crippen molar-refractivity contribution in [3.63, 3.8) is 0 Å². The predicted octanol–water partition coefficient (Wildman–Crippen LogP) is 3.14. The van der Waals surface area contributed by atoms with E-state index in [2.05, 4.69) is 11.3 Å². The summed E-state index contributed by atoms with van der Waals surface area (Å²) in [6, 6.07) is 0. The number of hydrogen-bond acceptors (Lipinski definition) is 2. The molecular weight excluding hydrogens is 140 g/mol. The molecule has 2 nitrogen and oxygen atoms in total. The van der Waals surface area contributed by atoms with Gasteiger partial charge in [-0.05, 0) is 13.3 Å². The number of rotatable bonds is 3. The SMILES string of the molecule is C.C.C=C(C)OC(=O)CCC. The van der Waals surface area contributed by atoms with Gasteiger partial charge in [-0.3, -0.25) is 4.79 Å². The van der Waals surface area contributed by atoms with Gasteiger partial charge in [-0.2, -0.15) is 0 Å². The number of hydrogen-bond donors (Lipinski definition) is 0. The fourth-order valence-corrected chi connectivity index (χ4v) is 0.449. The zero-order valence-electron chi connectivity index (χ0n) is 5.94. The van der Waals surface area contributed by atoms with Crippen LogP contribution in [0.2, 0.25) is 0 Å². The topological polar surface area (TPSA) is 26.3 Å². The van der Waals surface area contributed by atoms with E-state index in [1.165, 1.54) is 0 Å². The maximum atomic E-state index is 10.6. The van der Waals surface area contributed by atoms with Gasteiger partial charge in [-0.15, -0.1) is 0 Å². The first kappa shape index (κ1) is 16.7. The molecule has 0 rings (SSSR count). The lowest BCUT2D eigenvalue weighted by molar-refractivity contribution is -0.139. The first-order chi connectivity index (χ1) is 4.16. The molecule has 0 aliphatic carbocycles. The summed E-state index contributed by atoms with van der Waals surface area (Å²) in [6.45, 7) is 7.02. The van der Waals surface area contributed by atoms with Gasteiger partial charge in [0, 0.05) is 6.42 Å². The largest absolute Gasteiger partial charge is 0.432 e. The standard InChI is InChI=1S/C7H12O2.2CH4/c1-4-5-7(8)9-6(2)3;;/h2,4-5H2,1,3H3;2*1H4. The number of carbonyl (C=O) groups excluding carboxylic acids is 1. The second-order valence-electron chi connectivity index (χ2n) is 1.93. The van der Waals surface area contributed by atoms with Gasteiger partial charge in [0.05, 0.1) is 5.76 Å². The zero-order chi connectivity index (χ0) is 7.28. The molecule has 0 amide bonds. The maximum Gasteiger partial charge on any atom is 0.310 e. The molecule has 68 valence electrons. The van der Waals surface area contributed by atoms with Crippen molar-refractivity contribution in [1.82, 2.24) is 0 Å². The van der Waals surface area contributed by atoms with E-state index in [1.54, 1.807) is 6.92 Å². The summed E-state index contributed by atoms with van der Waals surface area (Å²) in [6.07, 6.45) is 1.30. The molecule has 0 heterocycles. The third-order valence-electron chi connectivity index (χ3n) is 0.742. The van der Waals surface area contributed by atoms with Crippen LogP contribution in [0, 0.1) is 0 Å². The highest BCUT2D eigenvalue weighted by Gasteiger charge is 1.98. The highest BCUT2D eigenvalue weighted by molar-refractivity contribution is 5.70. The van der Waals surface area contributed by atoms with Crippen molar-refractivity contribution in [2.45, 2.75) is 41.5 Å². The third-order valence-corrected chi connectivity index (χ3v) is 0.742. The van der Waals surface area contributed by atoms with Crippen molar-refractivity contribution in [3.8, 4) is 0 Å². The Balaban J connectivity index is -0.000000320. The molecule has 0 N–H and O–H groups in total. The van der Waals surface area contributed by atoms with Crippen molar-refractivity contribution in [1.29, 1.82) is 0 Å². The molecule has 0 aliphatic heterocycles. The highest BCUT2D eigenvalue weighted by atomic mass is 16.5. The summed E-state index contributed by atoms with van der Waals surface area (Å²) in [5.74, 6) is 0.276. The van der Waals surface area contributed by atoms with Gasteiger partial charge >= 0.3 is 5.97 Å². The van der Waals surface area contributed by atoms with E-state index in [4.69, 9.17) is 0 Å². The molecule has 0 aliphatic rings. The molecule has 0 aromatic carbocycles. The van der Waals surface area contributed by atoms with Crippen molar-refractivity contribution in [3.05, 3.63) is 12.3 Å². The molecule has 2 heteroatoms. The van der Waals surface area contributed by atoms with E-state index in [9.17, 15) is 4.79 Å². The van der Waals surface area contributed by atoms with E-state index >= 15 is 0 Å².